The molecule has 1 N–H and O–H groups in total. The SMILES string of the molecule is CNCCCCS(=O)(=O)N(C)CCSC. The van der Waals surface area contributed by atoms with E-state index in [1.54, 1.807) is 18.8 Å². The zero-order valence-electron chi connectivity index (χ0n) is 9.82. The predicted octanol–water partition coefficient (Wildman–Crippen LogP) is 0.611. The van der Waals surface area contributed by atoms with Crippen LogP contribution < -0.4 is 5.32 Å². The molecule has 0 aromatic rings. The van der Waals surface area contributed by atoms with Gasteiger partial charge in [-0.1, -0.05) is 0 Å². The lowest BCUT2D eigenvalue weighted by Gasteiger charge is -2.16. The molecular formula is C9H22N2O2S2. The number of sulfonamides is 1. The summed E-state index contributed by atoms with van der Waals surface area (Å²) in [6.45, 7) is 1.49. The lowest BCUT2D eigenvalue weighted by molar-refractivity contribution is 0.485. The molecule has 15 heavy (non-hydrogen) atoms. The fraction of sp³-hybridized carbons (Fsp3) is 1.00. The van der Waals surface area contributed by atoms with E-state index in [-0.39, 0.29) is 5.75 Å². The molecule has 0 aromatic heterocycles. The predicted molar refractivity (Wildman–Crippen MR) is 68.0 cm³/mol. The molecular weight excluding hydrogens is 232 g/mol. The van der Waals surface area contributed by atoms with Gasteiger partial charge in [0.15, 0.2) is 0 Å². The van der Waals surface area contributed by atoms with E-state index in [2.05, 4.69) is 5.32 Å². The molecule has 0 aliphatic heterocycles. The van der Waals surface area contributed by atoms with Crippen LogP contribution in [0.25, 0.3) is 0 Å². The molecule has 92 valence electrons. The Morgan fingerprint density at radius 1 is 1.33 bits per heavy atom. The van der Waals surface area contributed by atoms with E-state index < -0.39 is 10.0 Å². The van der Waals surface area contributed by atoms with E-state index in [9.17, 15) is 8.42 Å². The first-order valence-electron chi connectivity index (χ1n) is 5.12. The summed E-state index contributed by atoms with van der Waals surface area (Å²) in [5.74, 6) is 1.12. The average molecular weight is 254 g/mol. The van der Waals surface area contributed by atoms with Crippen molar-refractivity contribution in [1.29, 1.82) is 0 Å². The zero-order valence-corrected chi connectivity index (χ0v) is 11.5. The third kappa shape index (κ3) is 7.16. The van der Waals surface area contributed by atoms with Gasteiger partial charge in [0.2, 0.25) is 10.0 Å². The van der Waals surface area contributed by atoms with Gasteiger partial charge in [-0.2, -0.15) is 11.8 Å². The van der Waals surface area contributed by atoms with Crippen molar-refractivity contribution in [3.63, 3.8) is 0 Å². The summed E-state index contributed by atoms with van der Waals surface area (Å²) in [5, 5.41) is 3.01. The van der Waals surface area contributed by atoms with Crippen LogP contribution in [0.2, 0.25) is 0 Å². The third-order valence-corrected chi connectivity index (χ3v) is 4.69. The second kappa shape index (κ2) is 8.38. The highest BCUT2D eigenvalue weighted by molar-refractivity contribution is 7.98. The normalized spacial score (nSPS) is 12.3. The van der Waals surface area contributed by atoms with Crippen molar-refractivity contribution in [3.05, 3.63) is 0 Å². The first kappa shape index (κ1) is 15.2. The molecule has 0 rings (SSSR count). The van der Waals surface area contributed by atoms with Crippen molar-refractivity contribution in [2.24, 2.45) is 0 Å². The number of rotatable bonds is 9. The first-order chi connectivity index (χ1) is 7.04. The number of thioether (sulfide) groups is 1. The van der Waals surface area contributed by atoms with Gasteiger partial charge >= 0.3 is 0 Å². The quantitative estimate of drug-likeness (QED) is 0.613. The second-order valence-electron chi connectivity index (χ2n) is 3.44. The minimum Gasteiger partial charge on any atom is -0.320 e. The summed E-state index contributed by atoms with van der Waals surface area (Å²) >= 11 is 1.66. The van der Waals surface area contributed by atoms with Crippen LogP contribution in [0.15, 0.2) is 0 Å². The van der Waals surface area contributed by atoms with Gasteiger partial charge in [0.25, 0.3) is 0 Å². The Morgan fingerprint density at radius 3 is 2.53 bits per heavy atom. The molecule has 0 saturated heterocycles. The highest BCUT2D eigenvalue weighted by atomic mass is 32.2. The average Bonchev–Trinajstić information content (AvgIpc) is 2.21. The zero-order chi connectivity index (χ0) is 11.7. The summed E-state index contributed by atoms with van der Waals surface area (Å²) < 4.78 is 24.9. The Hall–Kier alpha value is 0.220. The highest BCUT2D eigenvalue weighted by Gasteiger charge is 2.16. The first-order valence-corrected chi connectivity index (χ1v) is 8.12. The highest BCUT2D eigenvalue weighted by Crippen LogP contribution is 2.03. The fourth-order valence-corrected chi connectivity index (χ4v) is 2.92. The fourth-order valence-electron chi connectivity index (χ4n) is 1.10. The smallest absolute Gasteiger partial charge is 0.213 e. The molecule has 0 bridgehead atoms. The molecule has 0 atom stereocenters. The Kier molecular flexibility index (Phi) is 8.50. The van der Waals surface area contributed by atoms with Gasteiger partial charge in [-0.25, -0.2) is 12.7 Å². The van der Waals surface area contributed by atoms with E-state index in [4.69, 9.17) is 0 Å². The number of nitrogens with zero attached hydrogens (tertiary/aromatic N) is 1. The summed E-state index contributed by atoms with van der Waals surface area (Å²) in [4.78, 5) is 0. The maximum Gasteiger partial charge on any atom is 0.213 e. The Balaban J connectivity index is 3.84. The van der Waals surface area contributed by atoms with E-state index >= 15 is 0 Å². The molecule has 6 heteroatoms. The van der Waals surface area contributed by atoms with Gasteiger partial charge in [0, 0.05) is 19.3 Å². The van der Waals surface area contributed by atoms with Gasteiger partial charge in [-0.3, -0.25) is 0 Å². The van der Waals surface area contributed by atoms with Gasteiger partial charge in [0.05, 0.1) is 5.75 Å². The number of nitrogens with one attached hydrogen (secondary N) is 1. The van der Waals surface area contributed by atoms with Crippen molar-refractivity contribution in [1.82, 2.24) is 9.62 Å². The van der Waals surface area contributed by atoms with Crippen LogP contribution in [-0.2, 0) is 10.0 Å². The van der Waals surface area contributed by atoms with Crippen molar-refractivity contribution in [2.45, 2.75) is 12.8 Å². The summed E-state index contributed by atoms with van der Waals surface area (Å²) in [6.07, 6.45) is 3.62. The summed E-state index contributed by atoms with van der Waals surface area (Å²) in [6, 6.07) is 0. The molecule has 0 aromatic carbocycles. The molecule has 0 spiro atoms. The molecule has 0 aliphatic rings. The van der Waals surface area contributed by atoms with Crippen LogP contribution in [0.4, 0.5) is 0 Å². The van der Waals surface area contributed by atoms with Crippen LogP contribution in [0, 0.1) is 0 Å². The van der Waals surface area contributed by atoms with Crippen LogP contribution in [-0.4, -0.2) is 57.7 Å². The standard InChI is InChI=1S/C9H22N2O2S2/c1-10-6-4-5-9-15(12,13)11(2)7-8-14-3/h10H,4-9H2,1-3H3. The second-order valence-corrected chi connectivity index (χ2v) is 6.62. The van der Waals surface area contributed by atoms with Gasteiger partial charge in [-0.05, 0) is 32.7 Å². The molecule has 0 saturated carbocycles. The molecule has 0 unspecified atom stereocenters. The minimum atomic E-state index is -3.02. The van der Waals surface area contributed by atoms with Crippen molar-refractivity contribution >= 4 is 21.8 Å². The molecule has 0 amide bonds. The number of hydrogen-bond acceptors (Lipinski definition) is 4. The monoisotopic (exact) mass is 254 g/mol. The Bertz CT molecular complexity index is 242. The largest absolute Gasteiger partial charge is 0.320 e. The lowest BCUT2D eigenvalue weighted by atomic mass is 10.3. The van der Waals surface area contributed by atoms with Gasteiger partial charge in [0.1, 0.15) is 0 Å². The van der Waals surface area contributed by atoms with Crippen LogP contribution in [0.3, 0.4) is 0 Å². The van der Waals surface area contributed by atoms with Gasteiger partial charge < -0.3 is 5.32 Å². The lowest BCUT2D eigenvalue weighted by Crippen LogP contribution is -2.31. The molecule has 0 radical (unpaired) electrons. The summed E-state index contributed by atoms with van der Waals surface area (Å²) in [7, 11) is 0.510. The number of unbranched alkanes of at least 4 members (excludes halogenated alkanes) is 1. The molecule has 0 fully saturated rings. The van der Waals surface area contributed by atoms with E-state index in [0.717, 1.165) is 25.1 Å². The maximum atomic E-state index is 11.7. The van der Waals surface area contributed by atoms with Gasteiger partial charge in [-0.15, -0.1) is 0 Å². The third-order valence-electron chi connectivity index (χ3n) is 2.16. The van der Waals surface area contributed by atoms with Crippen molar-refractivity contribution in [2.75, 3.05) is 44.9 Å². The van der Waals surface area contributed by atoms with E-state index in [0.29, 0.717) is 6.54 Å². The van der Waals surface area contributed by atoms with Crippen LogP contribution >= 0.6 is 11.8 Å². The van der Waals surface area contributed by atoms with Crippen molar-refractivity contribution < 1.29 is 8.42 Å². The minimum absolute atomic E-state index is 0.263. The Labute approximate surface area is 97.9 Å². The topological polar surface area (TPSA) is 49.4 Å². The van der Waals surface area contributed by atoms with E-state index in [1.165, 1.54) is 4.31 Å². The molecule has 0 aliphatic carbocycles. The van der Waals surface area contributed by atoms with Crippen molar-refractivity contribution in [3.8, 4) is 0 Å². The van der Waals surface area contributed by atoms with Crippen LogP contribution in [0.5, 0.6) is 0 Å². The molecule has 0 heterocycles. The van der Waals surface area contributed by atoms with Crippen LogP contribution in [0.1, 0.15) is 12.8 Å². The maximum absolute atomic E-state index is 11.7. The Morgan fingerprint density at radius 2 is 2.00 bits per heavy atom. The number of hydrogen-bond donors (Lipinski definition) is 1. The van der Waals surface area contributed by atoms with E-state index in [1.807, 2.05) is 13.3 Å². The summed E-state index contributed by atoms with van der Waals surface area (Å²) in [5.41, 5.74) is 0. The molecule has 4 nitrogen and oxygen atoms in total.